The third-order valence-corrected chi connectivity index (χ3v) is 5.39. The molecule has 0 radical (unpaired) electrons. The van der Waals surface area contributed by atoms with E-state index in [4.69, 9.17) is 4.74 Å². The van der Waals surface area contributed by atoms with E-state index in [-0.39, 0.29) is 5.78 Å². The van der Waals surface area contributed by atoms with Gasteiger partial charge in [0.05, 0.1) is 21.3 Å². The number of aromatic nitrogens is 1. The number of aryl methyl sites for hydroxylation is 2. The Labute approximate surface area is 149 Å². The Bertz CT molecular complexity index is 976. The van der Waals surface area contributed by atoms with Crippen LogP contribution >= 0.6 is 11.3 Å². The first kappa shape index (κ1) is 16.0. The second-order valence-electron chi connectivity index (χ2n) is 6.28. The average molecular weight is 351 g/mol. The molecule has 1 heterocycles. The molecule has 1 aliphatic rings. The van der Waals surface area contributed by atoms with Crippen LogP contribution in [0, 0.1) is 0 Å². The number of nitrogens with zero attached hydrogens (tertiary/aromatic N) is 1. The van der Waals surface area contributed by atoms with Crippen LogP contribution < -0.4 is 0 Å². The van der Waals surface area contributed by atoms with Crippen LogP contribution in [0.15, 0.2) is 41.9 Å². The lowest BCUT2D eigenvalue weighted by Crippen LogP contribution is -2.24. The van der Waals surface area contributed by atoms with Crippen LogP contribution in [0.25, 0.3) is 10.2 Å². The minimum Gasteiger partial charge on any atom is -0.451 e. The zero-order valence-corrected chi connectivity index (χ0v) is 14.6. The molecule has 0 unspecified atom stereocenters. The quantitative estimate of drug-likeness (QED) is 0.522. The molecule has 3 aromatic rings. The summed E-state index contributed by atoms with van der Waals surface area (Å²) in [6, 6.07) is 11.0. The molecule has 1 aliphatic carbocycles. The number of rotatable bonds is 4. The fraction of sp³-hybridized carbons (Fsp3) is 0.250. The van der Waals surface area contributed by atoms with Crippen molar-refractivity contribution in [3.63, 3.8) is 0 Å². The Balaban J connectivity index is 1.49. The zero-order valence-electron chi connectivity index (χ0n) is 13.8. The van der Waals surface area contributed by atoms with Gasteiger partial charge in [-0.15, -0.1) is 11.3 Å². The van der Waals surface area contributed by atoms with E-state index < -0.39 is 12.1 Å². The summed E-state index contributed by atoms with van der Waals surface area (Å²) >= 11 is 1.47. The maximum Gasteiger partial charge on any atom is 0.338 e. The molecule has 25 heavy (non-hydrogen) atoms. The summed E-state index contributed by atoms with van der Waals surface area (Å²) in [5, 5.41) is 0. The van der Waals surface area contributed by atoms with Gasteiger partial charge in [-0.3, -0.25) is 4.79 Å². The molecular formula is C20H17NO3S. The van der Waals surface area contributed by atoms with Crippen molar-refractivity contribution in [2.75, 3.05) is 0 Å². The lowest BCUT2D eigenvalue weighted by atomic mass is 10.0. The Kier molecular flexibility index (Phi) is 4.09. The van der Waals surface area contributed by atoms with E-state index in [1.165, 1.54) is 22.5 Å². The highest BCUT2D eigenvalue weighted by atomic mass is 32.1. The first-order valence-corrected chi connectivity index (χ1v) is 9.20. The van der Waals surface area contributed by atoms with Gasteiger partial charge in [0.2, 0.25) is 5.78 Å². The first-order valence-electron chi connectivity index (χ1n) is 8.32. The minimum atomic E-state index is -0.816. The summed E-state index contributed by atoms with van der Waals surface area (Å²) in [5.74, 6) is -0.653. The van der Waals surface area contributed by atoms with Crippen LogP contribution in [-0.2, 0) is 17.6 Å². The van der Waals surface area contributed by atoms with E-state index in [0.717, 1.165) is 29.5 Å². The summed E-state index contributed by atoms with van der Waals surface area (Å²) < 4.78 is 6.32. The number of hydrogen-bond donors (Lipinski definition) is 0. The number of fused-ring (bicyclic) bond motifs is 2. The van der Waals surface area contributed by atoms with Gasteiger partial charge in [-0.2, -0.15) is 0 Å². The van der Waals surface area contributed by atoms with Gasteiger partial charge in [-0.05, 0) is 61.6 Å². The zero-order chi connectivity index (χ0) is 17.4. The predicted octanol–water partition coefficient (Wildman–Crippen LogP) is 4.21. The molecule has 0 saturated heterocycles. The molecule has 2 aromatic carbocycles. The van der Waals surface area contributed by atoms with Crippen LogP contribution in [0.5, 0.6) is 0 Å². The summed E-state index contributed by atoms with van der Waals surface area (Å²) in [6.07, 6.45) is 2.41. The maximum atomic E-state index is 12.6. The maximum absolute atomic E-state index is 12.6. The molecular weight excluding hydrogens is 334 g/mol. The van der Waals surface area contributed by atoms with Crippen molar-refractivity contribution in [2.24, 2.45) is 0 Å². The molecule has 0 bridgehead atoms. The lowest BCUT2D eigenvalue weighted by Gasteiger charge is -2.13. The molecule has 126 valence electrons. The molecule has 0 aliphatic heterocycles. The van der Waals surface area contributed by atoms with E-state index in [0.29, 0.717) is 11.1 Å². The summed E-state index contributed by atoms with van der Waals surface area (Å²) in [5.41, 5.74) is 6.19. The highest BCUT2D eigenvalue weighted by molar-refractivity contribution is 7.16. The Morgan fingerprint density at radius 2 is 1.88 bits per heavy atom. The topological polar surface area (TPSA) is 56.3 Å². The summed E-state index contributed by atoms with van der Waals surface area (Å²) in [7, 11) is 0. The molecule has 0 saturated carbocycles. The average Bonchev–Trinajstić information content (AvgIpc) is 3.28. The standard InChI is InChI=1S/C20H17NO3S/c1-12(19(22)15-6-5-13-3-2-4-14(13)9-15)24-20(23)16-7-8-17-18(10-16)25-11-21-17/h5-12H,2-4H2,1H3/t12-/m0/s1. The Hall–Kier alpha value is -2.53. The van der Waals surface area contributed by atoms with Gasteiger partial charge in [-0.25, -0.2) is 9.78 Å². The van der Waals surface area contributed by atoms with E-state index in [1.54, 1.807) is 30.6 Å². The van der Waals surface area contributed by atoms with E-state index >= 15 is 0 Å². The van der Waals surface area contributed by atoms with E-state index in [9.17, 15) is 9.59 Å². The molecule has 4 nitrogen and oxygen atoms in total. The lowest BCUT2D eigenvalue weighted by molar-refractivity contribution is 0.0319. The number of ketones is 1. The van der Waals surface area contributed by atoms with Crippen LogP contribution in [0.4, 0.5) is 0 Å². The molecule has 1 aromatic heterocycles. The van der Waals surface area contributed by atoms with Gasteiger partial charge in [0.25, 0.3) is 0 Å². The number of ether oxygens (including phenoxy) is 1. The fourth-order valence-corrected chi connectivity index (χ4v) is 3.94. The molecule has 1 atom stereocenters. The summed E-state index contributed by atoms with van der Waals surface area (Å²) in [4.78, 5) is 29.1. The molecule has 0 fully saturated rings. The monoisotopic (exact) mass is 351 g/mol. The van der Waals surface area contributed by atoms with Crippen molar-refractivity contribution >= 4 is 33.3 Å². The van der Waals surface area contributed by atoms with Gasteiger partial charge in [0, 0.05) is 5.56 Å². The van der Waals surface area contributed by atoms with Gasteiger partial charge in [-0.1, -0.05) is 12.1 Å². The van der Waals surface area contributed by atoms with Crippen molar-refractivity contribution in [2.45, 2.75) is 32.3 Å². The van der Waals surface area contributed by atoms with Gasteiger partial charge in [0.1, 0.15) is 0 Å². The molecule has 5 heteroatoms. The SMILES string of the molecule is C[C@H](OC(=O)c1ccc2ncsc2c1)C(=O)c1ccc2c(c1)CCC2. The number of carbonyl (C=O) groups excluding carboxylic acids is 2. The normalized spacial score (nSPS) is 14.3. The fourth-order valence-electron chi connectivity index (χ4n) is 3.22. The van der Waals surface area contributed by atoms with E-state index in [2.05, 4.69) is 4.98 Å². The summed E-state index contributed by atoms with van der Waals surface area (Å²) in [6.45, 7) is 1.62. The van der Waals surface area contributed by atoms with Crippen molar-refractivity contribution in [3.05, 3.63) is 64.2 Å². The first-order chi connectivity index (χ1) is 12.1. The highest BCUT2D eigenvalue weighted by Gasteiger charge is 2.22. The highest BCUT2D eigenvalue weighted by Crippen LogP contribution is 2.24. The van der Waals surface area contributed by atoms with Crippen LogP contribution in [0.1, 0.15) is 45.2 Å². The number of hydrogen-bond acceptors (Lipinski definition) is 5. The Morgan fingerprint density at radius 3 is 2.76 bits per heavy atom. The molecule has 0 spiro atoms. The van der Waals surface area contributed by atoms with E-state index in [1.807, 2.05) is 18.2 Å². The molecule has 0 amide bonds. The second kappa shape index (κ2) is 6.41. The van der Waals surface area contributed by atoms with Crippen molar-refractivity contribution < 1.29 is 14.3 Å². The second-order valence-corrected chi connectivity index (χ2v) is 7.17. The third kappa shape index (κ3) is 3.07. The smallest absolute Gasteiger partial charge is 0.338 e. The molecule has 0 N–H and O–H groups in total. The number of esters is 1. The number of thiazole rings is 1. The minimum absolute atomic E-state index is 0.165. The van der Waals surface area contributed by atoms with Crippen molar-refractivity contribution in [1.29, 1.82) is 0 Å². The predicted molar refractivity (Wildman–Crippen MR) is 97.3 cm³/mol. The molecule has 4 rings (SSSR count). The van der Waals surface area contributed by atoms with Crippen LogP contribution in [-0.4, -0.2) is 22.8 Å². The van der Waals surface area contributed by atoms with Gasteiger partial charge in [0.15, 0.2) is 6.10 Å². The largest absolute Gasteiger partial charge is 0.451 e. The number of benzene rings is 2. The van der Waals surface area contributed by atoms with Crippen molar-refractivity contribution in [1.82, 2.24) is 4.98 Å². The number of Topliss-reactive ketones (excluding diaryl/α,β-unsaturated/α-hetero) is 1. The van der Waals surface area contributed by atoms with Gasteiger partial charge >= 0.3 is 5.97 Å². The van der Waals surface area contributed by atoms with Crippen LogP contribution in [0.2, 0.25) is 0 Å². The van der Waals surface area contributed by atoms with Crippen molar-refractivity contribution in [3.8, 4) is 0 Å². The third-order valence-electron chi connectivity index (χ3n) is 4.60. The van der Waals surface area contributed by atoms with Crippen LogP contribution in [0.3, 0.4) is 0 Å². The van der Waals surface area contributed by atoms with Gasteiger partial charge < -0.3 is 4.74 Å². The Morgan fingerprint density at radius 1 is 1.08 bits per heavy atom. The number of carbonyl (C=O) groups is 2.